The van der Waals surface area contributed by atoms with Crippen LogP contribution in [0.25, 0.3) is 0 Å². The molecule has 0 aromatic carbocycles. The molecule has 0 amide bonds. The number of aryl methyl sites for hydroxylation is 1. The predicted molar refractivity (Wildman–Crippen MR) is 44.9 cm³/mol. The number of aromatic amines is 1. The quantitative estimate of drug-likeness (QED) is 0.703. The molecular formula is C8H9N2OS+. The molecule has 0 fully saturated rings. The lowest BCUT2D eigenvalue weighted by Gasteiger charge is -1.85. The van der Waals surface area contributed by atoms with Crippen LogP contribution in [0.5, 0.6) is 0 Å². The number of H-pyrrole nitrogens is 1. The number of hydrogen-bond donors (Lipinski definition) is 0. The number of hydrogen-bond acceptors (Lipinski definition) is 3. The second-order valence-corrected chi connectivity index (χ2v) is 3.86. The zero-order valence-corrected chi connectivity index (χ0v) is 7.52. The molecule has 0 spiro atoms. The molecule has 0 aliphatic heterocycles. The first-order chi connectivity index (χ1) is 5.84. The smallest absolute Gasteiger partial charge is 0.232 e. The van der Waals surface area contributed by atoms with Crippen LogP contribution in [-0.2, 0) is 6.42 Å². The van der Waals surface area contributed by atoms with Crippen molar-refractivity contribution in [3.63, 3.8) is 0 Å². The molecule has 0 unspecified atom stereocenters. The van der Waals surface area contributed by atoms with Gasteiger partial charge in [0.05, 0.1) is 17.5 Å². The molecule has 2 aromatic heterocycles. The summed E-state index contributed by atoms with van der Waals surface area (Å²) in [4.78, 5) is 8.42. The average Bonchev–Trinajstić information content (AvgIpc) is 2.63. The van der Waals surface area contributed by atoms with Crippen LogP contribution in [0.4, 0.5) is 0 Å². The van der Waals surface area contributed by atoms with Crippen molar-refractivity contribution in [2.24, 2.45) is 0 Å². The van der Waals surface area contributed by atoms with E-state index in [4.69, 9.17) is 4.42 Å². The molecule has 3 nitrogen and oxygen atoms in total. The highest BCUT2D eigenvalue weighted by molar-refractivity contribution is 7.11. The Morgan fingerprint density at radius 1 is 1.67 bits per heavy atom. The summed E-state index contributed by atoms with van der Waals surface area (Å²) in [5.74, 6) is 0.769. The molecule has 62 valence electrons. The van der Waals surface area contributed by atoms with Gasteiger partial charge < -0.3 is 4.42 Å². The third-order valence-electron chi connectivity index (χ3n) is 1.53. The molecule has 0 saturated carbocycles. The Bertz CT molecular complexity index is 353. The molecule has 12 heavy (non-hydrogen) atoms. The van der Waals surface area contributed by atoms with Crippen molar-refractivity contribution in [1.29, 1.82) is 0 Å². The monoisotopic (exact) mass is 181 g/mol. The van der Waals surface area contributed by atoms with Gasteiger partial charge in [-0.15, -0.1) is 0 Å². The molecule has 2 heterocycles. The maximum absolute atomic E-state index is 5.13. The van der Waals surface area contributed by atoms with Gasteiger partial charge in [0.25, 0.3) is 0 Å². The van der Waals surface area contributed by atoms with Gasteiger partial charge in [0.15, 0.2) is 12.1 Å². The third-order valence-corrected chi connectivity index (χ3v) is 2.48. The van der Waals surface area contributed by atoms with Crippen LogP contribution in [0.1, 0.15) is 15.8 Å². The molecule has 0 aliphatic carbocycles. The van der Waals surface area contributed by atoms with Gasteiger partial charge in [-0.1, -0.05) is 11.3 Å². The van der Waals surface area contributed by atoms with Gasteiger partial charge >= 0.3 is 0 Å². The van der Waals surface area contributed by atoms with Crippen molar-refractivity contribution in [2.45, 2.75) is 13.3 Å². The van der Waals surface area contributed by atoms with E-state index in [9.17, 15) is 0 Å². The van der Waals surface area contributed by atoms with Gasteiger partial charge in [0, 0.05) is 6.92 Å². The van der Waals surface area contributed by atoms with Crippen LogP contribution in [-0.4, -0.2) is 4.98 Å². The molecule has 0 atom stereocenters. The van der Waals surface area contributed by atoms with E-state index in [1.54, 1.807) is 23.8 Å². The molecule has 0 aliphatic rings. The third kappa shape index (κ3) is 1.53. The van der Waals surface area contributed by atoms with Crippen LogP contribution < -0.4 is 4.98 Å². The first-order valence-corrected chi connectivity index (χ1v) is 4.51. The molecule has 4 heteroatoms. The Morgan fingerprint density at radius 3 is 3.17 bits per heavy atom. The molecule has 0 bridgehead atoms. The normalized spacial score (nSPS) is 10.4. The van der Waals surface area contributed by atoms with E-state index in [1.165, 1.54) is 9.88 Å². The van der Waals surface area contributed by atoms with Gasteiger partial charge in [0.2, 0.25) is 5.01 Å². The van der Waals surface area contributed by atoms with E-state index in [-0.39, 0.29) is 0 Å². The topological polar surface area (TPSA) is 40.2 Å². The number of rotatable bonds is 2. The van der Waals surface area contributed by atoms with E-state index in [1.807, 2.05) is 13.1 Å². The summed E-state index contributed by atoms with van der Waals surface area (Å²) in [5.41, 5.74) is 0. The van der Waals surface area contributed by atoms with E-state index < -0.39 is 0 Å². The van der Waals surface area contributed by atoms with Gasteiger partial charge in [-0.3, -0.25) is 0 Å². The number of aromatic nitrogens is 2. The number of nitrogens with zero attached hydrogens (tertiary/aromatic N) is 1. The van der Waals surface area contributed by atoms with Gasteiger partial charge in [-0.05, 0) is 0 Å². The second-order valence-electron chi connectivity index (χ2n) is 2.52. The molecule has 1 N–H and O–H groups in total. The Labute approximate surface area is 74.1 Å². The van der Waals surface area contributed by atoms with Gasteiger partial charge in [-0.2, -0.15) is 0 Å². The lowest BCUT2D eigenvalue weighted by atomic mass is 10.4. The SMILES string of the molecule is Cc1[nH+]cc(Cc2ncco2)s1. The lowest BCUT2D eigenvalue weighted by Crippen LogP contribution is -1.97. The fourth-order valence-electron chi connectivity index (χ4n) is 1.01. The Hall–Kier alpha value is -1.16. The summed E-state index contributed by atoms with van der Waals surface area (Å²) < 4.78 is 5.13. The average molecular weight is 181 g/mol. The molecule has 0 saturated heterocycles. The van der Waals surface area contributed by atoms with Crippen LogP contribution >= 0.6 is 11.3 Å². The summed E-state index contributed by atoms with van der Waals surface area (Å²) in [6.07, 6.45) is 6.03. The molecule has 0 radical (unpaired) electrons. The van der Waals surface area contributed by atoms with Crippen molar-refractivity contribution in [2.75, 3.05) is 0 Å². The van der Waals surface area contributed by atoms with Crippen LogP contribution in [0.3, 0.4) is 0 Å². The number of oxazole rings is 1. The summed E-state index contributed by atoms with van der Waals surface area (Å²) in [5, 5.41) is 1.21. The Morgan fingerprint density at radius 2 is 2.58 bits per heavy atom. The molecule has 2 rings (SSSR count). The van der Waals surface area contributed by atoms with E-state index in [0.29, 0.717) is 0 Å². The van der Waals surface area contributed by atoms with Crippen molar-refractivity contribution in [3.8, 4) is 0 Å². The number of nitrogens with one attached hydrogen (secondary N) is 1. The maximum Gasteiger partial charge on any atom is 0.232 e. The van der Waals surface area contributed by atoms with E-state index >= 15 is 0 Å². The maximum atomic E-state index is 5.13. The fraction of sp³-hybridized carbons (Fsp3) is 0.250. The van der Waals surface area contributed by atoms with Crippen molar-refractivity contribution >= 4 is 11.3 Å². The zero-order chi connectivity index (χ0) is 8.39. The minimum Gasteiger partial charge on any atom is -0.449 e. The highest BCUT2D eigenvalue weighted by Crippen LogP contribution is 2.12. The second kappa shape index (κ2) is 3.06. The Kier molecular flexibility index (Phi) is 1.91. The minimum atomic E-state index is 0.769. The Balaban J connectivity index is 2.14. The summed E-state index contributed by atoms with van der Waals surface area (Å²) >= 11 is 1.73. The molecular weight excluding hydrogens is 172 g/mol. The minimum absolute atomic E-state index is 0.769. The first-order valence-electron chi connectivity index (χ1n) is 3.70. The number of thiazole rings is 1. The van der Waals surface area contributed by atoms with Crippen molar-refractivity contribution in [3.05, 3.63) is 34.4 Å². The fourth-order valence-corrected chi connectivity index (χ4v) is 1.84. The summed E-state index contributed by atoms with van der Waals surface area (Å²) in [7, 11) is 0. The largest absolute Gasteiger partial charge is 0.449 e. The standard InChI is InChI=1S/C8H8N2OS/c1-6-10-5-7(12-6)4-8-9-2-3-11-8/h2-3,5H,4H2,1H3/p+1. The first kappa shape index (κ1) is 7.49. The molecule has 2 aromatic rings. The van der Waals surface area contributed by atoms with E-state index in [2.05, 4.69) is 9.97 Å². The van der Waals surface area contributed by atoms with Crippen LogP contribution in [0, 0.1) is 6.92 Å². The predicted octanol–water partition coefficient (Wildman–Crippen LogP) is 1.45. The lowest BCUT2D eigenvalue weighted by molar-refractivity contribution is -0.380. The highest BCUT2D eigenvalue weighted by Gasteiger charge is 2.06. The van der Waals surface area contributed by atoms with Crippen molar-refractivity contribution < 1.29 is 9.40 Å². The van der Waals surface area contributed by atoms with Crippen LogP contribution in [0.15, 0.2) is 23.1 Å². The van der Waals surface area contributed by atoms with Gasteiger partial charge in [-0.25, -0.2) is 9.97 Å². The summed E-state index contributed by atoms with van der Waals surface area (Å²) in [6, 6.07) is 0. The zero-order valence-electron chi connectivity index (χ0n) is 6.70. The van der Waals surface area contributed by atoms with Crippen LogP contribution in [0.2, 0.25) is 0 Å². The van der Waals surface area contributed by atoms with Gasteiger partial charge in [0.1, 0.15) is 6.26 Å². The summed E-state index contributed by atoms with van der Waals surface area (Å²) in [6.45, 7) is 2.05. The van der Waals surface area contributed by atoms with Crippen molar-refractivity contribution in [1.82, 2.24) is 4.98 Å². The van der Waals surface area contributed by atoms with E-state index in [0.717, 1.165) is 12.3 Å². The highest BCUT2D eigenvalue weighted by atomic mass is 32.1.